The Bertz CT molecular complexity index is 646. The summed E-state index contributed by atoms with van der Waals surface area (Å²) in [7, 11) is 3.33. The first-order valence-corrected chi connectivity index (χ1v) is 6.78. The molecule has 0 bridgehead atoms. The zero-order chi connectivity index (χ0) is 15.9. The lowest BCUT2D eigenvalue weighted by atomic mass is 10.2. The lowest BCUT2D eigenvalue weighted by Gasteiger charge is -2.08. The summed E-state index contributed by atoms with van der Waals surface area (Å²) < 4.78 is 11.7. The second kappa shape index (κ2) is 7.31. The Morgan fingerprint density at radius 2 is 1.91 bits per heavy atom. The van der Waals surface area contributed by atoms with Crippen LogP contribution in [-0.4, -0.2) is 30.2 Å². The van der Waals surface area contributed by atoms with Crippen molar-refractivity contribution in [1.29, 1.82) is 0 Å². The van der Waals surface area contributed by atoms with Crippen LogP contribution in [0.5, 0.6) is 5.75 Å². The van der Waals surface area contributed by atoms with Gasteiger partial charge >= 0.3 is 5.97 Å². The van der Waals surface area contributed by atoms with Crippen molar-refractivity contribution in [3.05, 3.63) is 53.9 Å². The molecule has 1 N–H and O–H groups in total. The highest BCUT2D eigenvalue weighted by Crippen LogP contribution is 2.10. The van der Waals surface area contributed by atoms with Gasteiger partial charge in [0.05, 0.1) is 7.11 Å². The minimum absolute atomic E-state index is 0.305. The van der Waals surface area contributed by atoms with E-state index in [9.17, 15) is 9.59 Å². The highest BCUT2D eigenvalue weighted by molar-refractivity contribution is 5.89. The molecule has 1 heterocycles. The van der Waals surface area contributed by atoms with Gasteiger partial charge in [-0.3, -0.25) is 4.79 Å². The summed E-state index contributed by atoms with van der Waals surface area (Å²) in [5, 5.41) is 2.69. The zero-order valence-electron chi connectivity index (χ0n) is 12.5. The van der Waals surface area contributed by atoms with E-state index in [1.165, 1.54) is 0 Å². The molecule has 0 saturated heterocycles. The molecule has 2 aromatic rings. The van der Waals surface area contributed by atoms with Crippen molar-refractivity contribution in [2.24, 2.45) is 7.05 Å². The van der Waals surface area contributed by atoms with E-state index >= 15 is 0 Å². The van der Waals surface area contributed by atoms with E-state index < -0.39 is 5.97 Å². The molecule has 0 radical (unpaired) electrons. The summed E-state index contributed by atoms with van der Waals surface area (Å²) in [5.74, 6) is -0.114. The van der Waals surface area contributed by atoms with Crippen LogP contribution in [0.1, 0.15) is 16.1 Å². The number of esters is 1. The second-order valence-corrected chi connectivity index (χ2v) is 4.71. The number of hydrogen-bond donors (Lipinski definition) is 1. The van der Waals surface area contributed by atoms with Crippen molar-refractivity contribution in [2.45, 2.75) is 6.54 Å². The number of aromatic nitrogens is 1. The molecule has 6 heteroatoms. The molecule has 1 aromatic heterocycles. The SMILES string of the molecule is COc1ccc(CNC(=O)COC(=O)c2cccn2C)cc1. The van der Waals surface area contributed by atoms with E-state index in [4.69, 9.17) is 9.47 Å². The summed E-state index contributed by atoms with van der Waals surface area (Å²) in [6.07, 6.45) is 1.74. The van der Waals surface area contributed by atoms with Crippen LogP contribution in [0.3, 0.4) is 0 Å². The van der Waals surface area contributed by atoms with Crippen LogP contribution in [0.25, 0.3) is 0 Å². The number of ether oxygens (including phenoxy) is 2. The molecular weight excluding hydrogens is 284 g/mol. The standard InChI is InChI=1S/C16H18N2O4/c1-18-9-3-4-14(18)16(20)22-11-15(19)17-10-12-5-7-13(21-2)8-6-12/h3-9H,10-11H2,1-2H3,(H,17,19). The van der Waals surface area contributed by atoms with Crippen LogP contribution in [0.15, 0.2) is 42.6 Å². The molecule has 1 amide bonds. The number of benzene rings is 1. The minimum Gasteiger partial charge on any atom is -0.497 e. The third-order valence-corrected chi connectivity index (χ3v) is 3.14. The molecule has 1 aromatic carbocycles. The predicted octanol–water partition coefficient (Wildman–Crippen LogP) is 1.51. The van der Waals surface area contributed by atoms with E-state index in [1.807, 2.05) is 24.3 Å². The number of methoxy groups -OCH3 is 1. The Morgan fingerprint density at radius 1 is 1.18 bits per heavy atom. The number of rotatable bonds is 6. The zero-order valence-corrected chi connectivity index (χ0v) is 12.5. The van der Waals surface area contributed by atoms with E-state index in [-0.39, 0.29) is 12.5 Å². The summed E-state index contributed by atoms with van der Waals surface area (Å²) in [6, 6.07) is 10.7. The van der Waals surface area contributed by atoms with E-state index in [1.54, 1.807) is 37.1 Å². The smallest absolute Gasteiger partial charge is 0.355 e. The van der Waals surface area contributed by atoms with Gasteiger partial charge in [-0.2, -0.15) is 0 Å². The third-order valence-electron chi connectivity index (χ3n) is 3.14. The van der Waals surface area contributed by atoms with E-state index in [2.05, 4.69) is 5.32 Å². The van der Waals surface area contributed by atoms with Gasteiger partial charge in [0, 0.05) is 19.8 Å². The monoisotopic (exact) mass is 302 g/mol. The Hall–Kier alpha value is -2.76. The maximum Gasteiger partial charge on any atom is 0.355 e. The quantitative estimate of drug-likeness (QED) is 0.821. The molecule has 0 aliphatic heterocycles. The van der Waals surface area contributed by atoms with Crippen molar-refractivity contribution >= 4 is 11.9 Å². The fourth-order valence-corrected chi connectivity index (χ4v) is 1.87. The summed E-state index contributed by atoms with van der Waals surface area (Å²) >= 11 is 0. The molecule has 2 rings (SSSR count). The Morgan fingerprint density at radius 3 is 2.50 bits per heavy atom. The topological polar surface area (TPSA) is 69.6 Å². The number of nitrogens with zero attached hydrogens (tertiary/aromatic N) is 1. The molecular formula is C16H18N2O4. The van der Waals surface area contributed by atoms with Crippen molar-refractivity contribution in [3.8, 4) is 5.75 Å². The predicted molar refractivity (Wildman–Crippen MR) is 80.5 cm³/mol. The van der Waals surface area contributed by atoms with Crippen LogP contribution in [0, 0.1) is 0 Å². The third kappa shape index (κ3) is 4.12. The van der Waals surface area contributed by atoms with Gasteiger partial charge in [-0.05, 0) is 29.8 Å². The van der Waals surface area contributed by atoms with Gasteiger partial charge in [0.1, 0.15) is 11.4 Å². The summed E-state index contributed by atoms with van der Waals surface area (Å²) in [6.45, 7) is 0.0602. The van der Waals surface area contributed by atoms with Crippen LogP contribution in [-0.2, 0) is 23.1 Å². The van der Waals surface area contributed by atoms with Gasteiger partial charge in [-0.1, -0.05) is 12.1 Å². The molecule has 0 spiro atoms. The molecule has 0 aliphatic rings. The van der Waals surface area contributed by atoms with Crippen LogP contribution >= 0.6 is 0 Å². The van der Waals surface area contributed by atoms with Crippen LogP contribution < -0.4 is 10.1 Å². The highest BCUT2D eigenvalue weighted by Gasteiger charge is 2.12. The Kier molecular flexibility index (Phi) is 5.19. The van der Waals surface area contributed by atoms with Crippen molar-refractivity contribution in [2.75, 3.05) is 13.7 Å². The fraction of sp³-hybridized carbons (Fsp3) is 0.250. The lowest BCUT2D eigenvalue weighted by Crippen LogP contribution is -2.28. The van der Waals surface area contributed by atoms with Gasteiger partial charge in [-0.15, -0.1) is 0 Å². The molecule has 0 atom stereocenters. The minimum atomic E-state index is -0.521. The lowest BCUT2D eigenvalue weighted by molar-refractivity contribution is -0.124. The molecule has 0 saturated carbocycles. The van der Waals surface area contributed by atoms with Gasteiger partial charge in [-0.25, -0.2) is 4.79 Å². The average Bonchev–Trinajstić information content (AvgIpc) is 2.97. The van der Waals surface area contributed by atoms with E-state index in [0.29, 0.717) is 12.2 Å². The normalized spacial score (nSPS) is 10.1. The molecule has 6 nitrogen and oxygen atoms in total. The number of carbonyl (C=O) groups is 2. The van der Waals surface area contributed by atoms with Gasteiger partial charge in [0.25, 0.3) is 5.91 Å². The maximum atomic E-state index is 11.7. The molecule has 22 heavy (non-hydrogen) atoms. The first-order valence-electron chi connectivity index (χ1n) is 6.78. The van der Waals surface area contributed by atoms with Gasteiger partial charge < -0.3 is 19.4 Å². The molecule has 0 unspecified atom stereocenters. The molecule has 0 aliphatic carbocycles. The first kappa shape index (κ1) is 15.6. The number of nitrogens with one attached hydrogen (secondary N) is 1. The molecule has 116 valence electrons. The maximum absolute atomic E-state index is 11.7. The largest absolute Gasteiger partial charge is 0.497 e. The highest BCUT2D eigenvalue weighted by atomic mass is 16.5. The van der Waals surface area contributed by atoms with Crippen LogP contribution in [0.2, 0.25) is 0 Å². The average molecular weight is 302 g/mol. The summed E-state index contributed by atoms with van der Waals surface area (Å²) in [5.41, 5.74) is 1.34. The Labute approximate surface area is 128 Å². The second-order valence-electron chi connectivity index (χ2n) is 4.71. The van der Waals surface area contributed by atoms with Gasteiger partial charge in [0.2, 0.25) is 0 Å². The number of carbonyl (C=O) groups excluding carboxylic acids is 2. The van der Waals surface area contributed by atoms with Crippen LogP contribution in [0.4, 0.5) is 0 Å². The van der Waals surface area contributed by atoms with E-state index in [0.717, 1.165) is 11.3 Å². The van der Waals surface area contributed by atoms with Crippen molar-refractivity contribution in [3.63, 3.8) is 0 Å². The Balaban J connectivity index is 1.76. The summed E-state index contributed by atoms with van der Waals surface area (Å²) in [4.78, 5) is 23.4. The number of hydrogen-bond acceptors (Lipinski definition) is 4. The number of amides is 1. The van der Waals surface area contributed by atoms with Crippen molar-refractivity contribution in [1.82, 2.24) is 9.88 Å². The van der Waals surface area contributed by atoms with Crippen molar-refractivity contribution < 1.29 is 19.1 Å². The molecule has 0 fully saturated rings. The first-order chi connectivity index (χ1) is 10.6. The fourth-order valence-electron chi connectivity index (χ4n) is 1.87. The van der Waals surface area contributed by atoms with Gasteiger partial charge in [0.15, 0.2) is 6.61 Å². The number of aryl methyl sites for hydroxylation is 1.